The Morgan fingerprint density at radius 2 is 2.09 bits per heavy atom. The quantitative estimate of drug-likeness (QED) is 0.857. The summed E-state index contributed by atoms with van der Waals surface area (Å²) in [5, 5.41) is 0. The first-order chi connectivity index (χ1) is 11.1. The first kappa shape index (κ1) is 15.4. The fraction of sp³-hybridized carbons (Fsp3) is 0.412. The first-order valence-electron chi connectivity index (χ1n) is 7.80. The van der Waals surface area contributed by atoms with Crippen molar-refractivity contribution in [3.05, 3.63) is 29.8 Å². The Morgan fingerprint density at radius 3 is 2.91 bits per heavy atom. The summed E-state index contributed by atoms with van der Waals surface area (Å²) >= 11 is 0. The van der Waals surface area contributed by atoms with Crippen LogP contribution in [0.4, 0.5) is 0 Å². The lowest BCUT2D eigenvalue weighted by Crippen LogP contribution is -2.44. The highest BCUT2D eigenvalue weighted by Gasteiger charge is 2.26. The van der Waals surface area contributed by atoms with Crippen molar-refractivity contribution in [1.29, 1.82) is 0 Å². The van der Waals surface area contributed by atoms with Crippen molar-refractivity contribution >= 4 is 17.9 Å². The highest BCUT2D eigenvalue weighted by molar-refractivity contribution is 5.92. The summed E-state index contributed by atoms with van der Waals surface area (Å²) in [6.07, 6.45) is 6.32. The lowest BCUT2D eigenvalue weighted by atomic mass is 9.99. The molecule has 1 aromatic rings. The number of nitrogens with two attached hydrogens (primary N) is 1. The van der Waals surface area contributed by atoms with Gasteiger partial charge in [-0.15, -0.1) is 0 Å². The van der Waals surface area contributed by atoms with E-state index >= 15 is 0 Å². The Labute approximate surface area is 134 Å². The Morgan fingerprint density at radius 1 is 1.26 bits per heavy atom. The van der Waals surface area contributed by atoms with Crippen LogP contribution in [0, 0.1) is 0 Å². The van der Waals surface area contributed by atoms with E-state index in [0.717, 1.165) is 24.8 Å². The SMILES string of the molecule is NC(=O)C[C@H]1CCCCN1C(=O)/C=C/c1ccc2c(c1)OCO2. The zero-order chi connectivity index (χ0) is 16.2. The highest BCUT2D eigenvalue weighted by Crippen LogP contribution is 2.32. The molecule has 2 heterocycles. The number of ether oxygens (including phenoxy) is 2. The second-order valence-electron chi connectivity index (χ2n) is 5.80. The summed E-state index contributed by atoms with van der Waals surface area (Å²) in [6.45, 7) is 0.895. The average molecular weight is 316 g/mol. The van der Waals surface area contributed by atoms with Crippen LogP contribution < -0.4 is 15.2 Å². The van der Waals surface area contributed by atoms with Gasteiger partial charge in [-0.3, -0.25) is 9.59 Å². The molecule has 1 atom stereocenters. The Balaban J connectivity index is 1.68. The molecule has 1 fully saturated rings. The minimum Gasteiger partial charge on any atom is -0.454 e. The van der Waals surface area contributed by atoms with E-state index in [1.165, 1.54) is 6.08 Å². The molecular weight excluding hydrogens is 296 g/mol. The van der Waals surface area contributed by atoms with E-state index in [-0.39, 0.29) is 31.1 Å². The normalized spacial score (nSPS) is 20.0. The third-order valence-electron chi connectivity index (χ3n) is 4.16. The van der Waals surface area contributed by atoms with Gasteiger partial charge in [0.1, 0.15) is 0 Å². The number of fused-ring (bicyclic) bond motifs is 1. The minimum atomic E-state index is -0.366. The zero-order valence-electron chi connectivity index (χ0n) is 12.9. The van der Waals surface area contributed by atoms with Crippen LogP contribution in [0.15, 0.2) is 24.3 Å². The van der Waals surface area contributed by atoms with Gasteiger partial charge in [0.05, 0.1) is 0 Å². The number of likely N-dealkylation sites (tertiary alicyclic amines) is 1. The molecule has 2 amide bonds. The molecule has 0 unspecified atom stereocenters. The van der Waals surface area contributed by atoms with Crippen molar-refractivity contribution in [2.75, 3.05) is 13.3 Å². The van der Waals surface area contributed by atoms with E-state index in [1.54, 1.807) is 11.0 Å². The van der Waals surface area contributed by atoms with E-state index in [1.807, 2.05) is 18.2 Å². The van der Waals surface area contributed by atoms with Gasteiger partial charge in [0.25, 0.3) is 0 Å². The number of piperidine rings is 1. The van der Waals surface area contributed by atoms with Gasteiger partial charge in [-0.25, -0.2) is 0 Å². The van der Waals surface area contributed by atoms with Crippen molar-refractivity contribution in [3.8, 4) is 11.5 Å². The predicted octanol–water partition coefficient (Wildman–Crippen LogP) is 1.68. The second kappa shape index (κ2) is 6.73. The fourth-order valence-electron chi connectivity index (χ4n) is 3.02. The molecule has 3 rings (SSSR count). The lowest BCUT2D eigenvalue weighted by Gasteiger charge is -2.34. The zero-order valence-corrected chi connectivity index (χ0v) is 12.9. The van der Waals surface area contributed by atoms with Gasteiger partial charge in [0.15, 0.2) is 11.5 Å². The van der Waals surface area contributed by atoms with Crippen LogP contribution in [0.1, 0.15) is 31.2 Å². The van der Waals surface area contributed by atoms with Crippen LogP contribution in [0.3, 0.4) is 0 Å². The lowest BCUT2D eigenvalue weighted by molar-refractivity contribution is -0.130. The molecule has 2 aliphatic rings. The molecule has 2 N–H and O–H groups in total. The van der Waals surface area contributed by atoms with Gasteiger partial charge >= 0.3 is 0 Å². The summed E-state index contributed by atoms with van der Waals surface area (Å²) < 4.78 is 10.6. The third kappa shape index (κ3) is 3.64. The fourth-order valence-corrected chi connectivity index (χ4v) is 3.02. The number of carbonyl (C=O) groups excluding carboxylic acids is 2. The number of hydrogen-bond donors (Lipinski definition) is 1. The molecule has 0 saturated carbocycles. The number of benzene rings is 1. The molecule has 0 bridgehead atoms. The van der Waals surface area contributed by atoms with Crippen LogP contribution in [0.5, 0.6) is 11.5 Å². The Bertz CT molecular complexity index is 641. The Kier molecular flexibility index (Phi) is 4.50. The molecule has 2 aliphatic heterocycles. The van der Waals surface area contributed by atoms with Gasteiger partial charge in [0.2, 0.25) is 18.6 Å². The van der Waals surface area contributed by atoms with E-state index < -0.39 is 0 Å². The maximum absolute atomic E-state index is 12.4. The van der Waals surface area contributed by atoms with Crippen LogP contribution in [0.2, 0.25) is 0 Å². The standard InChI is InChI=1S/C17H20N2O4/c18-16(20)10-13-3-1-2-8-19(13)17(21)7-5-12-4-6-14-15(9-12)23-11-22-14/h4-7,9,13H,1-3,8,10-11H2,(H2,18,20)/b7-5+/t13-/m1/s1. The molecule has 122 valence electrons. The smallest absolute Gasteiger partial charge is 0.246 e. The second-order valence-corrected chi connectivity index (χ2v) is 5.80. The summed E-state index contributed by atoms with van der Waals surface area (Å²) in [6, 6.07) is 5.44. The van der Waals surface area contributed by atoms with Gasteiger partial charge in [-0.1, -0.05) is 6.07 Å². The molecule has 0 radical (unpaired) electrons. The van der Waals surface area contributed by atoms with Gasteiger partial charge < -0.3 is 20.1 Å². The van der Waals surface area contributed by atoms with E-state index in [4.69, 9.17) is 15.2 Å². The van der Waals surface area contributed by atoms with E-state index in [2.05, 4.69) is 0 Å². The summed E-state index contributed by atoms with van der Waals surface area (Å²) in [5.74, 6) is 0.943. The number of nitrogens with zero attached hydrogens (tertiary/aromatic N) is 1. The van der Waals surface area contributed by atoms with Crippen molar-refractivity contribution in [2.45, 2.75) is 31.7 Å². The van der Waals surface area contributed by atoms with Crippen LogP contribution >= 0.6 is 0 Å². The van der Waals surface area contributed by atoms with E-state index in [0.29, 0.717) is 18.0 Å². The van der Waals surface area contributed by atoms with Crippen molar-refractivity contribution in [1.82, 2.24) is 4.90 Å². The molecule has 0 aromatic heterocycles. The van der Waals surface area contributed by atoms with Gasteiger partial charge in [-0.2, -0.15) is 0 Å². The Hall–Kier alpha value is -2.50. The van der Waals surface area contributed by atoms with E-state index in [9.17, 15) is 9.59 Å². The monoisotopic (exact) mass is 316 g/mol. The molecule has 6 heteroatoms. The summed E-state index contributed by atoms with van der Waals surface area (Å²) in [4.78, 5) is 25.3. The van der Waals surface area contributed by atoms with Crippen molar-refractivity contribution in [2.24, 2.45) is 5.73 Å². The summed E-state index contributed by atoms with van der Waals surface area (Å²) in [5.41, 5.74) is 6.15. The molecule has 6 nitrogen and oxygen atoms in total. The summed E-state index contributed by atoms with van der Waals surface area (Å²) in [7, 11) is 0. The number of hydrogen-bond acceptors (Lipinski definition) is 4. The topological polar surface area (TPSA) is 81.9 Å². The molecule has 1 aromatic carbocycles. The number of amides is 2. The van der Waals surface area contributed by atoms with Crippen LogP contribution in [0.25, 0.3) is 6.08 Å². The number of primary amides is 1. The van der Waals surface area contributed by atoms with Crippen LogP contribution in [-0.2, 0) is 9.59 Å². The average Bonchev–Trinajstić information content (AvgIpc) is 3.00. The molecule has 0 spiro atoms. The third-order valence-corrected chi connectivity index (χ3v) is 4.16. The highest BCUT2D eigenvalue weighted by atomic mass is 16.7. The van der Waals surface area contributed by atoms with Gasteiger partial charge in [-0.05, 0) is 43.0 Å². The maximum Gasteiger partial charge on any atom is 0.246 e. The number of carbonyl (C=O) groups is 2. The molecule has 0 aliphatic carbocycles. The maximum atomic E-state index is 12.4. The molecule has 23 heavy (non-hydrogen) atoms. The minimum absolute atomic E-state index is 0.0878. The van der Waals surface area contributed by atoms with Crippen LogP contribution in [-0.4, -0.2) is 36.1 Å². The van der Waals surface area contributed by atoms with Gasteiger partial charge in [0, 0.05) is 25.1 Å². The molecule has 1 saturated heterocycles. The van der Waals surface area contributed by atoms with Crippen molar-refractivity contribution < 1.29 is 19.1 Å². The number of rotatable bonds is 4. The largest absolute Gasteiger partial charge is 0.454 e. The molecular formula is C17H20N2O4. The first-order valence-corrected chi connectivity index (χ1v) is 7.80. The van der Waals surface area contributed by atoms with Crippen molar-refractivity contribution in [3.63, 3.8) is 0 Å². The predicted molar refractivity (Wildman–Crippen MR) is 84.8 cm³/mol.